The smallest absolute Gasteiger partial charge is 0.0163 e. The van der Waals surface area contributed by atoms with Gasteiger partial charge in [-0.1, -0.05) is 12.5 Å². The van der Waals surface area contributed by atoms with E-state index >= 15 is 0 Å². The van der Waals surface area contributed by atoms with Crippen molar-refractivity contribution in [1.82, 2.24) is 0 Å². The standard InChI is InChI=1S/C8H15S/c1-3-4-5-6-7-8-9-2/h3,8H,1,4-7H2,2H3. The first kappa shape index (κ1) is 9.09. The summed E-state index contributed by atoms with van der Waals surface area (Å²) >= 11 is 1.81. The maximum atomic E-state index is 3.66. The molecule has 0 amide bonds. The van der Waals surface area contributed by atoms with Crippen LogP contribution < -0.4 is 0 Å². The highest BCUT2D eigenvalue weighted by Gasteiger charge is 1.85. The lowest BCUT2D eigenvalue weighted by atomic mass is 10.2. The Labute approximate surface area is 62.7 Å². The van der Waals surface area contributed by atoms with Gasteiger partial charge in [-0.25, -0.2) is 0 Å². The van der Waals surface area contributed by atoms with E-state index in [0.29, 0.717) is 0 Å². The number of thioether (sulfide) groups is 1. The number of hydrogen-bond donors (Lipinski definition) is 0. The molecule has 0 saturated heterocycles. The van der Waals surface area contributed by atoms with E-state index < -0.39 is 0 Å². The van der Waals surface area contributed by atoms with Crippen LogP contribution in [0.15, 0.2) is 12.7 Å². The number of unbranched alkanes of at least 4 members (excludes halogenated alkanes) is 3. The van der Waals surface area contributed by atoms with Crippen LogP contribution in [0.3, 0.4) is 0 Å². The zero-order valence-electron chi connectivity index (χ0n) is 6.10. The highest BCUT2D eigenvalue weighted by molar-refractivity contribution is 8.00. The Morgan fingerprint density at radius 3 is 2.56 bits per heavy atom. The van der Waals surface area contributed by atoms with Gasteiger partial charge in [-0.2, -0.15) is 11.8 Å². The molecule has 0 fully saturated rings. The molecule has 0 N–H and O–H groups in total. The third-order valence-electron chi connectivity index (χ3n) is 1.15. The highest BCUT2D eigenvalue weighted by Crippen LogP contribution is 2.08. The molecule has 0 bridgehead atoms. The molecule has 53 valence electrons. The van der Waals surface area contributed by atoms with E-state index in [9.17, 15) is 0 Å². The molecule has 1 radical (unpaired) electrons. The normalized spacial score (nSPS) is 9.44. The quantitative estimate of drug-likeness (QED) is 0.406. The SMILES string of the molecule is C=CCCCC[CH]SC. The maximum absolute atomic E-state index is 3.66. The van der Waals surface area contributed by atoms with Crippen molar-refractivity contribution in [3.63, 3.8) is 0 Å². The van der Waals surface area contributed by atoms with Crippen molar-refractivity contribution in [2.45, 2.75) is 25.7 Å². The largest absolute Gasteiger partial charge is 0.161 e. The van der Waals surface area contributed by atoms with E-state index in [-0.39, 0.29) is 0 Å². The second kappa shape index (κ2) is 8.09. The van der Waals surface area contributed by atoms with Gasteiger partial charge >= 0.3 is 0 Å². The summed E-state index contributed by atoms with van der Waals surface area (Å²) in [6.45, 7) is 3.66. The summed E-state index contributed by atoms with van der Waals surface area (Å²) in [6.07, 6.45) is 9.11. The minimum absolute atomic E-state index is 1.17. The molecule has 0 nitrogen and oxygen atoms in total. The molecule has 0 aromatic heterocycles. The Bertz CT molecular complexity index is 59.6. The van der Waals surface area contributed by atoms with Gasteiger partial charge in [0.25, 0.3) is 0 Å². The van der Waals surface area contributed by atoms with E-state index in [0.717, 1.165) is 0 Å². The Hall–Kier alpha value is 0.0900. The van der Waals surface area contributed by atoms with Crippen molar-refractivity contribution in [2.24, 2.45) is 0 Å². The third kappa shape index (κ3) is 8.09. The molecular weight excluding hydrogens is 128 g/mol. The number of hydrogen-bond acceptors (Lipinski definition) is 1. The van der Waals surface area contributed by atoms with E-state index in [1.54, 1.807) is 0 Å². The van der Waals surface area contributed by atoms with Gasteiger partial charge in [-0.3, -0.25) is 0 Å². The van der Waals surface area contributed by atoms with E-state index in [4.69, 9.17) is 0 Å². The van der Waals surface area contributed by atoms with Crippen LogP contribution in [0.25, 0.3) is 0 Å². The van der Waals surface area contributed by atoms with Gasteiger partial charge in [0.15, 0.2) is 0 Å². The molecule has 1 heteroatoms. The molecule has 0 aliphatic rings. The van der Waals surface area contributed by atoms with E-state index in [1.807, 2.05) is 17.8 Å². The van der Waals surface area contributed by atoms with Crippen LogP contribution in [0, 0.1) is 5.75 Å². The molecule has 0 aromatic carbocycles. The lowest BCUT2D eigenvalue weighted by Gasteiger charge is -1.94. The minimum atomic E-state index is 1.17. The molecule has 0 aliphatic carbocycles. The Morgan fingerprint density at radius 1 is 1.33 bits per heavy atom. The topological polar surface area (TPSA) is 0 Å². The number of rotatable bonds is 6. The van der Waals surface area contributed by atoms with Crippen molar-refractivity contribution in [3.05, 3.63) is 18.4 Å². The summed E-state index contributed by atoms with van der Waals surface area (Å²) in [5, 5.41) is 0. The molecule has 0 aliphatic heterocycles. The van der Waals surface area contributed by atoms with Crippen LogP contribution in [0.5, 0.6) is 0 Å². The average molecular weight is 143 g/mol. The Balaban J connectivity index is 2.66. The van der Waals surface area contributed by atoms with Gasteiger partial charge in [0.1, 0.15) is 0 Å². The van der Waals surface area contributed by atoms with Crippen LogP contribution >= 0.6 is 11.8 Å². The van der Waals surface area contributed by atoms with Crippen LogP contribution in [-0.2, 0) is 0 Å². The van der Waals surface area contributed by atoms with Crippen molar-refractivity contribution >= 4 is 11.8 Å². The lowest BCUT2D eigenvalue weighted by Crippen LogP contribution is -1.73. The van der Waals surface area contributed by atoms with Gasteiger partial charge in [0.05, 0.1) is 0 Å². The second-order valence-corrected chi connectivity index (χ2v) is 2.78. The molecule has 9 heavy (non-hydrogen) atoms. The van der Waals surface area contributed by atoms with Gasteiger partial charge < -0.3 is 0 Å². The summed E-state index contributed by atoms with van der Waals surface area (Å²) in [4.78, 5) is 0. The fourth-order valence-corrected chi connectivity index (χ4v) is 1.04. The van der Waals surface area contributed by atoms with Crippen LogP contribution in [0.1, 0.15) is 25.7 Å². The summed E-state index contributed by atoms with van der Waals surface area (Å²) in [5.74, 6) is 2.25. The molecular formula is C8H15S. The fourth-order valence-electron chi connectivity index (χ4n) is 0.634. The fraction of sp³-hybridized carbons (Fsp3) is 0.625. The molecule has 0 saturated carbocycles. The zero-order valence-corrected chi connectivity index (χ0v) is 6.91. The van der Waals surface area contributed by atoms with Gasteiger partial charge in [0.2, 0.25) is 0 Å². The van der Waals surface area contributed by atoms with Gasteiger partial charge in [-0.05, 0) is 25.5 Å². The van der Waals surface area contributed by atoms with E-state index in [1.165, 1.54) is 25.7 Å². The summed E-state index contributed by atoms with van der Waals surface area (Å²) < 4.78 is 0. The molecule has 0 rings (SSSR count). The lowest BCUT2D eigenvalue weighted by molar-refractivity contribution is 0.756. The maximum Gasteiger partial charge on any atom is 0.0163 e. The Kier molecular flexibility index (Phi) is 8.17. The van der Waals surface area contributed by atoms with Gasteiger partial charge in [-0.15, -0.1) is 6.58 Å². The third-order valence-corrected chi connectivity index (χ3v) is 1.72. The van der Waals surface area contributed by atoms with Gasteiger partial charge in [0, 0.05) is 5.75 Å². The Morgan fingerprint density at radius 2 is 2.00 bits per heavy atom. The summed E-state index contributed by atoms with van der Waals surface area (Å²) in [6, 6.07) is 0. The van der Waals surface area contributed by atoms with Crippen LogP contribution in [0.2, 0.25) is 0 Å². The van der Waals surface area contributed by atoms with E-state index in [2.05, 4.69) is 18.6 Å². The second-order valence-electron chi connectivity index (χ2n) is 1.98. The highest BCUT2D eigenvalue weighted by atomic mass is 32.2. The first-order valence-corrected chi connectivity index (χ1v) is 4.66. The van der Waals surface area contributed by atoms with Crippen LogP contribution in [0.4, 0.5) is 0 Å². The summed E-state index contributed by atoms with van der Waals surface area (Å²) in [5.41, 5.74) is 0. The molecule has 0 spiro atoms. The molecule has 0 unspecified atom stereocenters. The summed E-state index contributed by atoms with van der Waals surface area (Å²) in [7, 11) is 0. The predicted molar refractivity (Wildman–Crippen MR) is 46.5 cm³/mol. The average Bonchev–Trinajstić information content (AvgIpc) is 1.89. The van der Waals surface area contributed by atoms with Crippen molar-refractivity contribution < 1.29 is 0 Å². The number of allylic oxidation sites excluding steroid dienone is 1. The molecule has 0 aromatic rings. The zero-order chi connectivity index (χ0) is 6.95. The minimum Gasteiger partial charge on any atom is -0.161 e. The van der Waals surface area contributed by atoms with Crippen molar-refractivity contribution in [1.29, 1.82) is 0 Å². The monoisotopic (exact) mass is 143 g/mol. The first-order valence-electron chi connectivity index (χ1n) is 3.37. The molecule has 0 heterocycles. The van der Waals surface area contributed by atoms with Crippen molar-refractivity contribution in [3.8, 4) is 0 Å². The van der Waals surface area contributed by atoms with Crippen molar-refractivity contribution in [2.75, 3.05) is 6.26 Å². The predicted octanol–water partition coefficient (Wildman–Crippen LogP) is 3.26. The van der Waals surface area contributed by atoms with Crippen LogP contribution in [-0.4, -0.2) is 6.26 Å². The first-order chi connectivity index (χ1) is 4.41. The molecule has 0 atom stereocenters.